The fraction of sp³-hybridized carbons (Fsp3) is 0.312. The molecule has 0 saturated heterocycles. The molecule has 0 aliphatic heterocycles. The number of methoxy groups -OCH3 is 2. The lowest BCUT2D eigenvalue weighted by atomic mass is 9.96. The van der Waals surface area contributed by atoms with Gasteiger partial charge in [-0.15, -0.1) is 0 Å². The SMILES string of the molecule is CNCc1cc(OC)c(OC)cc1-c1ccncc1C. The van der Waals surface area contributed by atoms with Crippen LogP contribution in [0.1, 0.15) is 11.1 Å². The van der Waals surface area contributed by atoms with E-state index in [4.69, 9.17) is 9.47 Å². The summed E-state index contributed by atoms with van der Waals surface area (Å²) in [5, 5.41) is 3.19. The monoisotopic (exact) mass is 272 g/mol. The topological polar surface area (TPSA) is 43.4 Å². The van der Waals surface area contributed by atoms with Gasteiger partial charge in [0.25, 0.3) is 0 Å². The Hall–Kier alpha value is -2.07. The third kappa shape index (κ3) is 2.75. The molecule has 0 amide bonds. The molecule has 4 heteroatoms. The summed E-state index contributed by atoms with van der Waals surface area (Å²) in [6.07, 6.45) is 3.68. The van der Waals surface area contributed by atoms with Gasteiger partial charge in [0.05, 0.1) is 14.2 Å². The largest absolute Gasteiger partial charge is 0.493 e. The van der Waals surface area contributed by atoms with Crippen LogP contribution in [0.5, 0.6) is 11.5 Å². The van der Waals surface area contributed by atoms with Crippen molar-refractivity contribution in [3.8, 4) is 22.6 Å². The average molecular weight is 272 g/mol. The van der Waals surface area contributed by atoms with Crippen LogP contribution in [0, 0.1) is 6.92 Å². The first kappa shape index (κ1) is 14.3. The Bertz CT molecular complexity index is 597. The number of hydrogen-bond donors (Lipinski definition) is 1. The predicted octanol–water partition coefficient (Wildman–Crippen LogP) is 2.79. The molecular weight excluding hydrogens is 252 g/mol. The van der Waals surface area contributed by atoms with Crippen LogP contribution >= 0.6 is 0 Å². The van der Waals surface area contributed by atoms with Crippen LogP contribution in [-0.2, 0) is 6.54 Å². The summed E-state index contributed by atoms with van der Waals surface area (Å²) >= 11 is 0. The minimum Gasteiger partial charge on any atom is -0.493 e. The van der Waals surface area contributed by atoms with Gasteiger partial charge in [0.2, 0.25) is 0 Å². The van der Waals surface area contributed by atoms with Crippen LogP contribution in [0.15, 0.2) is 30.6 Å². The van der Waals surface area contributed by atoms with Crippen molar-refractivity contribution in [3.63, 3.8) is 0 Å². The van der Waals surface area contributed by atoms with E-state index >= 15 is 0 Å². The molecule has 0 aliphatic rings. The molecule has 1 aromatic heterocycles. The fourth-order valence-electron chi connectivity index (χ4n) is 2.28. The van der Waals surface area contributed by atoms with Crippen LogP contribution < -0.4 is 14.8 Å². The Kier molecular flexibility index (Phi) is 4.58. The predicted molar refractivity (Wildman–Crippen MR) is 80.3 cm³/mol. The number of ether oxygens (including phenoxy) is 2. The van der Waals surface area contributed by atoms with Gasteiger partial charge in [0.15, 0.2) is 11.5 Å². The molecule has 106 valence electrons. The van der Waals surface area contributed by atoms with Gasteiger partial charge < -0.3 is 14.8 Å². The molecule has 20 heavy (non-hydrogen) atoms. The molecular formula is C16H20N2O2. The highest BCUT2D eigenvalue weighted by molar-refractivity contribution is 5.73. The van der Waals surface area contributed by atoms with Crippen molar-refractivity contribution in [2.75, 3.05) is 21.3 Å². The highest BCUT2D eigenvalue weighted by Gasteiger charge is 2.13. The zero-order valence-corrected chi connectivity index (χ0v) is 12.4. The van der Waals surface area contributed by atoms with E-state index in [2.05, 4.69) is 17.2 Å². The molecule has 2 aromatic rings. The van der Waals surface area contributed by atoms with E-state index in [1.807, 2.05) is 37.6 Å². The number of pyridine rings is 1. The summed E-state index contributed by atoms with van der Waals surface area (Å²) in [7, 11) is 5.23. The van der Waals surface area contributed by atoms with E-state index in [0.717, 1.165) is 34.7 Å². The summed E-state index contributed by atoms with van der Waals surface area (Å²) < 4.78 is 10.8. The molecule has 1 aromatic carbocycles. The lowest BCUT2D eigenvalue weighted by Gasteiger charge is -2.16. The summed E-state index contributed by atoms with van der Waals surface area (Å²) in [6, 6.07) is 6.06. The molecule has 0 unspecified atom stereocenters. The second-order valence-corrected chi connectivity index (χ2v) is 4.59. The maximum atomic E-state index is 5.41. The Morgan fingerprint density at radius 1 is 1.10 bits per heavy atom. The van der Waals surface area contributed by atoms with E-state index in [1.165, 1.54) is 5.56 Å². The summed E-state index contributed by atoms with van der Waals surface area (Å²) in [4.78, 5) is 4.15. The molecule has 0 atom stereocenters. The molecule has 0 saturated carbocycles. The van der Waals surface area contributed by atoms with E-state index < -0.39 is 0 Å². The van der Waals surface area contributed by atoms with Gasteiger partial charge in [-0.3, -0.25) is 4.98 Å². The van der Waals surface area contributed by atoms with E-state index in [0.29, 0.717) is 0 Å². The van der Waals surface area contributed by atoms with Gasteiger partial charge in [-0.1, -0.05) is 0 Å². The van der Waals surface area contributed by atoms with Crippen LogP contribution in [0.2, 0.25) is 0 Å². The van der Waals surface area contributed by atoms with Gasteiger partial charge in [0, 0.05) is 18.9 Å². The number of rotatable bonds is 5. The Labute approximate surface area is 119 Å². The number of nitrogens with zero attached hydrogens (tertiary/aromatic N) is 1. The summed E-state index contributed by atoms with van der Waals surface area (Å²) in [5.41, 5.74) is 4.60. The van der Waals surface area contributed by atoms with Crippen molar-refractivity contribution in [1.29, 1.82) is 0 Å². The van der Waals surface area contributed by atoms with Crippen LogP contribution in [-0.4, -0.2) is 26.3 Å². The number of nitrogens with one attached hydrogen (secondary N) is 1. The Balaban J connectivity index is 2.64. The average Bonchev–Trinajstić information content (AvgIpc) is 2.48. The van der Waals surface area contributed by atoms with Gasteiger partial charge in [-0.05, 0) is 54.4 Å². The molecule has 0 aliphatic carbocycles. The van der Waals surface area contributed by atoms with E-state index in [1.54, 1.807) is 14.2 Å². The maximum Gasteiger partial charge on any atom is 0.161 e. The highest BCUT2D eigenvalue weighted by atomic mass is 16.5. The fourth-order valence-corrected chi connectivity index (χ4v) is 2.28. The number of benzene rings is 1. The molecule has 4 nitrogen and oxygen atoms in total. The van der Waals surface area contributed by atoms with Crippen LogP contribution in [0.25, 0.3) is 11.1 Å². The van der Waals surface area contributed by atoms with Crippen molar-refractivity contribution >= 4 is 0 Å². The molecule has 0 spiro atoms. The zero-order chi connectivity index (χ0) is 14.5. The maximum absolute atomic E-state index is 5.41. The molecule has 2 rings (SSSR count). The first-order chi connectivity index (χ1) is 9.71. The summed E-state index contributed by atoms with van der Waals surface area (Å²) in [6.45, 7) is 2.82. The first-order valence-electron chi connectivity index (χ1n) is 6.51. The number of aryl methyl sites for hydroxylation is 1. The zero-order valence-electron chi connectivity index (χ0n) is 12.4. The Morgan fingerprint density at radius 3 is 2.40 bits per heavy atom. The second kappa shape index (κ2) is 6.39. The van der Waals surface area contributed by atoms with Crippen molar-refractivity contribution in [2.45, 2.75) is 13.5 Å². The Morgan fingerprint density at radius 2 is 1.80 bits per heavy atom. The molecule has 0 fully saturated rings. The lowest BCUT2D eigenvalue weighted by Crippen LogP contribution is -2.07. The van der Waals surface area contributed by atoms with Gasteiger partial charge in [0.1, 0.15) is 0 Å². The second-order valence-electron chi connectivity index (χ2n) is 4.59. The van der Waals surface area contributed by atoms with Gasteiger partial charge in [-0.2, -0.15) is 0 Å². The number of aromatic nitrogens is 1. The van der Waals surface area contributed by atoms with Crippen molar-refractivity contribution < 1.29 is 9.47 Å². The normalized spacial score (nSPS) is 10.4. The highest BCUT2D eigenvalue weighted by Crippen LogP contribution is 2.36. The lowest BCUT2D eigenvalue weighted by molar-refractivity contribution is 0.354. The third-order valence-corrected chi connectivity index (χ3v) is 3.29. The minimum atomic E-state index is 0.735. The summed E-state index contributed by atoms with van der Waals surface area (Å²) in [5.74, 6) is 1.48. The third-order valence-electron chi connectivity index (χ3n) is 3.29. The van der Waals surface area contributed by atoms with Crippen molar-refractivity contribution in [3.05, 3.63) is 41.7 Å². The molecule has 0 radical (unpaired) electrons. The quantitative estimate of drug-likeness (QED) is 0.909. The van der Waals surface area contributed by atoms with Gasteiger partial charge >= 0.3 is 0 Å². The van der Waals surface area contributed by atoms with Crippen LogP contribution in [0.4, 0.5) is 0 Å². The first-order valence-corrected chi connectivity index (χ1v) is 6.51. The smallest absolute Gasteiger partial charge is 0.161 e. The van der Waals surface area contributed by atoms with Gasteiger partial charge in [-0.25, -0.2) is 0 Å². The minimum absolute atomic E-state index is 0.735. The standard InChI is InChI=1S/C16H20N2O2/c1-11-9-18-6-5-13(11)14-8-16(20-4)15(19-3)7-12(14)10-17-2/h5-9,17H,10H2,1-4H3. The number of hydrogen-bond acceptors (Lipinski definition) is 4. The molecule has 0 bridgehead atoms. The van der Waals surface area contributed by atoms with Crippen molar-refractivity contribution in [2.24, 2.45) is 0 Å². The van der Waals surface area contributed by atoms with E-state index in [9.17, 15) is 0 Å². The molecule has 1 N–H and O–H groups in total. The van der Waals surface area contributed by atoms with Crippen molar-refractivity contribution in [1.82, 2.24) is 10.3 Å². The molecule has 1 heterocycles. The van der Waals surface area contributed by atoms with Crippen LogP contribution in [0.3, 0.4) is 0 Å². The van der Waals surface area contributed by atoms with E-state index in [-0.39, 0.29) is 0 Å².